The number of para-hydroxylation sites is 1. The van der Waals surface area contributed by atoms with Crippen molar-refractivity contribution >= 4 is 23.5 Å². The highest BCUT2D eigenvalue weighted by atomic mass is 16.5. The van der Waals surface area contributed by atoms with Crippen LogP contribution in [0.5, 0.6) is 0 Å². The number of hydrogen-bond acceptors (Lipinski definition) is 5. The van der Waals surface area contributed by atoms with Gasteiger partial charge in [0.05, 0.1) is 30.7 Å². The molecule has 0 aliphatic heterocycles. The van der Waals surface area contributed by atoms with E-state index >= 15 is 0 Å². The van der Waals surface area contributed by atoms with E-state index in [1.165, 1.54) is 12.3 Å². The van der Waals surface area contributed by atoms with Gasteiger partial charge in [0.2, 0.25) is 5.91 Å². The van der Waals surface area contributed by atoms with Crippen molar-refractivity contribution in [3.63, 3.8) is 0 Å². The molecule has 0 saturated heterocycles. The van der Waals surface area contributed by atoms with Gasteiger partial charge >= 0.3 is 5.97 Å². The average Bonchev–Trinajstić information content (AvgIpc) is 3.08. The molecular formula is C16H16N2O5. The number of anilines is 1. The van der Waals surface area contributed by atoms with E-state index < -0.39 is 17.8 Å². The number of benzene rings is 1. The Kier molecular flexibility index (Phi) is 5.51. The Labute approximate surface area is 132 Å². The predicted molar refractivity (Wildman–Crippen MR) is 82.1 cm³/mol. The maximum Gasteiger partial charge on any atom is 0.340 e. The summed E-state index contributed by atoms with van der Waals surface area (Å²) in [5.41, 5.74) is 0.572. The van der Waals surface area contributed by atoms with Crippen molar-refractivity contribution in [2.45, 2.75) is 6.92 Å². The highest BCUT2D eigenvalue weighted by Crippen LogP contribution is 2.16. The molecule has 0 bridgehead atoms. The molecule has 1 aromatic carbocycles. The number of rotatable bonds is 6. The first-order valence-corrected chi connectivity index (χ1v) is 6.99. The minimum Gasteiger partial charge on any atom is -0.462 e. The lowest BCUT2D eigenvalue weighted by atomic mass is 10.2. The number of carbonyl (C=O) groups is 3. The topological polar surface area (TPSA) is 97.6 Å². The fourth-order valence-electron chi connectivity index (χ4n) is 1.83. The highest BCUT2D eigenvalue weighted by Gasteiger charge is 2.15. The van der Waals surface area contributed by atoms with Gasteiger partial charge in [-0.2, -0.15) is 0 Å². The standard InChI is InChI=1S/C16H16N2O5/c1-2-22-16(21)11-6-3-4-7-12(11)18-14(19)10-17-15(20)13-8-5-9-23-13/h3-9H,2,10H2,1H3,(H,17,20)(H,18,19). The van der Waals surface area contributed by atoms with Crippen molar-refractivity contribution in [1.29, 1.82) is 0 Å². The van der Waals surface area contributed by atoms with Gasteiger partial charge in [0.25, 0.3) is 5.91 Å². The second kappa shape index (κ2) is 7.79. The zero-order valence-corrected chi connectivity index (χ0v) is 12.5. The molecule has 2 aromatic rings. The molecular weight excluding hydrogens is 300 g/mol. The molecule has 0 radical (unpaired) electrons. The fourth-order valence-corrected chi connectivity index (χ4v) is 1.83. The first-order valence-electron chi connectivity index (χ1n) is 6.99. The van der Waals surface area contributed by atoms with E-state index in [0.29, 0.717) is 5.69 Å². The molecule has 2 rings (SSSR count). The lowest BCUT2D eigenvalue weighted by Gasteiger charge is -2.10. The van der Waals surface area contributed by atoms with Crippen LogP contribution in [0.1, 0.15) is 27.8 Å². The van der Waals surface area contributed by atoms with Crippen molar-refractivity contribution < 1.29 is 23.5 Å². The van der Waals surface area contributed by atoms with Gasteiger partial charge < -0.3 is 19.8 Å². The number of furan rings is 1. The Morgan fingerprint density at radius 1 is 1.13 bits per heavy atom. The molecule has 7 heteroatoms. The molecule has 0 atom stereocenters. The number of amides is 2. The van der Waals surface area contributed by atoms with Crippen LogP contribution >= 0.6 is 0 Å². The fraction of sp³-hybridized carbons (Fsp3) is 0.188. The Balaban J connectivity index is 1.95. The summed E-state index contributed by atoms with van der Waals surface area (Å²) in [6, 6.07) is 9.54. The van der Waals surface area contributed by atoms with Gasteiger partial charge in [-0.25, -0.2) is 4.79 Å². The molecule has 0 unspecified atom stereocenters. The second-order valence-electron chi connectivity index (χ2n) is 4.47. The van der Waals surface area contributed by atoms with Crippen molar-refractivity contribution in [2.75, 3.05) is 18.5 Å². The van der Waals surface area contributed by atoms with Crippen molar-refractivity contribution in [1.82, 2.24) is 5.32 Å². The summed E-state index contributed by atoms with van der Waals surface area (Å²) in [5, 5.41) is 4.98. The second-order valence-corrected chi connectivity index (χ2v) is 4.47. The normalized spacial score (nSPS) is 9.96. The van der Waals surface area contributed by atoms with Gasteiger partial charge in [0.1, 0.15) is 0 Å². The van der Waals surface area contributed by atoms with Gasteiger partial charge in [-0.1, -0.05) is 12.1 Å². The van der Waals surface area contributed by atoms with Gasteiger partial charge in [-0.3, -0.25) is 9.59 Å². The van der Waals surface area contributed by atoms with Crippen LogP contribution < -0.4 is 10.6 Å². The van der Waals surface area contributed by atoms with Crippen LogP contribution in [0.25, 0.3) is 0 Å². The van der Waals surface area contributed by atoms with Gasteiger partial charge in [-0.15, -0.1) is 0 Å². The summed E-state index contributed by atoms with van der Waals surface area (Å²) >= 11 is 0. The number of nitrogens with one attached hydrogen (secondary N) is 2. The number of ether oxygens (including phenoxy) is 1. The average molecular weight is 316 g/mol. The maximum atomic E-state index is 11.9. The third-order valence-corrected chi connectivity index (χ3v) is 2.85. The van der Waals surface area contributed by atoms with Crippen LogP contribution in [0.3, 0.4) is 0 Å². The Hall–Kier alpha value is -3.09. The van der Waals surface area contributed by atoms with E-state index in [0.717, 1.165) is 0 Å². The SMILES string of the molecule is CCOC(=O)c1ccccc1NC(=O)CNC(=O)c1ccco1. The Bertz CT molecular complexity index is 694. The largest absolute Gasteiger partial charge is 0.462 e. The third-order valence-electron chi connectivity index (χ3n) is 2.85. The molecule has 23 heavy (non-hydrogen) atoms. The molecule has 0 spiro atoms. The molecule has 0 aliphatic rings. The molecule has 2 amide bonds. The van der Waals surface area contributed by atoms with E-state index in [2.05, 4.69) is 10.6 Å². The zero-order valence-electron chi connectivity index (χ0n) is 12.5. The van der Waals surface area contributed by atoms with E-state index in [-0.39, 0.29) is 24.5 Å². The minimum absolute atomic E-state index is 0.115. The monoisotopic (exact) mass is 316 g/mol. The van der Waals surface area contributed by atoms with Crippen LogP contribution in [-0.2, 0) is 9.53 Å². The van der Waals surface area contributed by atoms with Crippen LogP contribution in [0, 0.1) is 0 Å². The molecule has 1 heterocycles. The van der Waals surface area contributed by atoms with E-state index in [1.54, 1.807) is 37.3 Å². The molecule has 0 aliphatic carbocycles. The minimum atomic E-state index is -0.525. The Morgan fingerprint density at radius 3 is 2.61 bits per heavy atom. The van der Waals surface area contributed by atoms with E-state index in [4.69, 9.17) is 9.15 Å². The van der Waals surface area contributed by atoms with E-state index in [1.807, 2.05) is 0 Å². The molecule has 7 nitrogen and oxygen atoms in total. The summed E-state index contributed by atoms with van der Waals surface area (Å²) in [4.78, 5) is 35.4. The Morgan fingerprint density at radius 2 is 1.91 bits per heavy atom. The quantitative estimate of drug-likeness (QED) is 0.792. The van der Waals surface area contributed by atoms with Gasteiger partial charge in [-0.05, 0) is 31.2 Å². The lowest BCUT2D eigenvalue weighted by molar-refractivity contribution is -0.115. The molecule has 120 valence electrons. The maximum absolute atomic E-state index is 11.9. The lowest BCUT2D eigenvalue weighted by Crippen LogP contribution is -2.33. The van der Waals surface area contributed by atoms with Crippen molar-refractivity contribution in [2.24, 2.45) is 0 Å². The summed E-state index contributed by atoms with van der Waals surface area (Å²) in [5.74, 6) is -1.38. The van der Waals surface area contributed by atoms with E-state index in [9.17, 15) is 14.4 Å². The smallest absolute Gasteiger partial charge is 0.340 e. The molecule has 2 N–H and O–H groups in total. The van der Waals surface area contributed by atoms with Crippen LogP contribution in [0.2, 0.25) is 0 Å². The zero-order chi connectivity index (χ0) is 16.7. The highest BCUT2D eigenvalue weighted by molar-refractivity contribution is 6.03. The summed E-state index contributed by atoms with van der Waals surface area (Å²) in [6.45, 7) is 1.68. The van der Waals surface area contributed by atoms with Crippen LogP contribution in [-0.4, -0.2) is 30.9 Å². The van der Waals surface area contributed by atoms with Crippen LogP contribution in [0.15, 0.2) is 47.1 Å². The molecule has 1 aromatic heterocycles. The predicted octanol–water partition coefficient (Wildman–Crippen LogP) is 1.82. The number of hydrogen-bond donors (Lipinski definition) is 2. The third kappa shape index (κ3) is 4.44. The number of carbonyl (C=O) groups excluding carboxylic acids is 3. The number of esters is 1. The summed E-state index contributed by atoms with van der Waals surface area (Å²) < 4.78 is 9.84. The van der Waals surface area contributed by atoms with Crippen molar-refractivity contribution in [3.05, 3.63) is 54.0 Å². The van der Waals surface area contributed by atoms with Crippen LogP contribution in [0.4, 0.5) is 5.69 Å². The molecule has 0 saturated carbocycles. The summed E-state index contributed by atoms with van der Waals surface area (Å²) in [7, 11) is 0. The molecule has 0 fully saturated rings. The first kappa shape index (κ1) is 16.3. The first-order chi connectivity index (χ1) is 11.1. The van der Waals surface area contributed by atoms with Crippen molar-refractivity contribution in [3.8, 4) is 0 Å². The summed E-state index contributed by atoms with van der Waals surface area (Å²) in [6.07, 6.45) is 1.37. The van der Waals surface area contributed by atoms with Gasteiger partial charge in [0, 0.05) is 0 Å². The van der Waals surface area contributed by atoms with Gasteiger partial charge in [0.15, 0.2) is 5.76 Å².